The highest BCUT2D eigenvalue weighted by Gasteiger charge is 2.39. The summed E-state index contributed by atoms with van der Waals surface area (Å²) in [5, 5.41) is 2.26. The summed E-state index contributed by atoms with van der Waals surface area (Å²) in [7, 11) is 3.19. The molecule has 1 aromatic heterocycles. The maximum absolute atomic E-state index is 11.7. The minimum Gasteiger partial charge on any atom is -0.318 e. The lowest BCUT2D eigenvalue weighted by atomic mass is 9.92. The number of carbonyl (C=O) groups is 2. The summed E-state index contributed by atoms with van der Waals surface area (Å²) in [6, 6.07) is -0.995. The van der Waals surface area contributed by atoms with Crippen molar-refractivity contribution in [3.05, 3.63) is 27.9 Å². The van der Waals surface area contributed by atoms with Gasteiger partial charge in [0.2, 0.25) is 5.91 Å². The van der Waals surface area contributed by atoms with Crippen molar-refractivity contribution in [3.63, 3.8) is 0 Å². The molecule has 0 bridgehead atoms. The molecule has 1 aliphatic rings. The summed E-state index contributed by atoms with van der Waals surface area (Å²) in [6.45, 7) is 3.51. The van der Waals surface area contributed by atoms with Gasteiger partial charge in [0.1, 0.15) is 0 Å². The van der Waals surface area contributed by atoms with E-state index < -0.39 is 23.7 Å². The number of nitrogens with zero attached hydrogens (tertiary/aromatic N) is 3. The van der Waals surface area contributed by atoms with Gasteiger partial charge in [0.25, 0.3) is 0 Å². The van der Waals surface area contributed by atoms with E-state index in [0.29, 0.717) is 5.69 Å². The number of aryl methyl sites for hydroxylation is 2. The summed E-state index contributed by atoms with van der Waals surface area (Å²) in [4.78, 5) is 40.5. The van der Waals surface area contributed by atoms with Gasteiger partial charge in [-0.05, 0) is 12.5 Å². The molecular formula is C12H16N4O3. The molecule has 1 N–H and O–H groups in total. The van der Waals surface area contributed by atoms with Crippen molar-refractivity contribution in [1.29, 1.82) is 0 Å². The average molecular weight is 264 g/mol. The van der Waals surface area contributed by atoms with E-state index in [1.165, 1.54) is 9.47 Å². The molecule has 0 radical (unpaired) electrons. The van der Waals surface area contributed by atoms with Crippen molar-refractivity contribution in [1.82, 2.24) is 19.8 Å². The largest absolute Gasteiger partial charge is 0.347 e. The lowest BCUT2D eigenvalue weighted by Gasteiger charge is -2.36. The van der Waals surface area contributed by atoms with Crippen molar-refractivity contribution in [2.75, 3.05) is 7.05 Å². The van der Waals surface area contributed by atoms with Gasteiger partial charge < -0.3 is 9.47 Å². The Bertz CT molecular complexity index is 587. The van der Waals surface area contributed by atoms with Crippen molar-refractivity contribution in [2.24, 2.45) is 13.0 Å². The van der Waals surface area contributed by atoms with E-state index in [9.17, 15) is 14.4 Å². The fraction of sp³-hybridized carbons (Fsp3) is 0.500. The van der Waals surface area contributed by atoms with E-state index in [1.807, 2.05) is 0 Å². The summed E-state index contributed by atoms with van der Waals surface area (Å²) in [6.07, 6.45) is 1.65. The normalized spacial score (nSPS) is 23.5. The fourth-order valence-electron chi connectivity index (χ4n) is 2.31. The summed E-state index contributed by atoms with van der Waals surface area (Å²) < 4.78 is 1.37. The predicted molar refractivity (Wildman–Crippen MR) is 67.4 cm³/mol. The highest BCUT2D eigenvalue weighted by Crippen LogP contribution is 2.30. The Morgan fingerprint density at radius 2 is 1.89 bits per heavy atom. The number of carbonyl (C=O) groups excluding carboxylic acids is 2. The van der Waals surface area contributed by atoms with Gasteiger partial charge in [0.15, 0.2) is 0 Å². The van der Waals surface area contributed by atoms with Crippen LogP contribution < -0.4 is 11.0 Å². The minimum atomic E-state index is -0.518. The predicted octanol–water partition coefficient (Wildman–Crippen LogP) is -0.0525. The molecule has 7 nitrogen and oxygen atoms in total. The van der Waals surface area contributed by atoms with E-state index in [0.717, 1.165) is 5.56 Å². The van der Waals surface area contributed by atoms with E-state index in [1.54, 1.807) is 34.1 Å². The Balaban J connectivity index is 2.55. The van der Waals surface area contributed by atoms with Gasteiger partial charge in [-0.15, -0.1) is 0 Å². The number of aromatic nitrogens is 2. The second kappa shape index (κ2) is 4.49. The number of imide groups is 1. The lowest BCUT2D eigenvalue weighted by molar-refractivity contribution is -0.127. The molecule has 2 rings (SSSR count). The smallest absolute Gasteiger partial charge is 0.318 e. The van der Waals surface area contributed by atoms with Crippen LogP contribution in [0.15, 0.2) is 11.0 Å². The molecule has 3 amide bonds. The van der Waals surface area contributed by atoms with Crippen molar-refractivity contribution in [2.45, 2.75) is 19.9 Å². The van der Waals surface area contributed by atoms with Gasteiger partial charge in [-0.25, -0.2) is 9.59 Å². The van der Waals surface area contributed by atoms with Crippen LogP contribution in [0.25, 0.3) is 0 Å². The van der Waals surface area contributed by atoms with Crippen LogP contribution in [0.2, 0.25) is 0 Å². The molecule has 19 heavy (non-hydrogen) atoms. The molecule has 102 valence electrons. The van der Waals surface area contributed by atoms with Crippen LogP contribution in [0.1, 0.15) is 24.2 Å². The number of amides is 3. The Morgan fingerprint density at radius 1 is 1.26 bits per heavy atom. The Hall–Kier alpha value is -2.18. The first-order valence-corrected chi connectivity index (χ1v) is 5.94. The zero-order valence-corrected chi connectivity index (χ0v) is 11.3. The van der Waals surface area contributed by atoms with Crippen molar-refractivity contribution < 1.29 is 9.59 Å². The highest BCUT2D eigenvalue weighted by molar-refractivity contribution is 5.98. The third-order valence-electron chi connectivity index (χ3n) is 3.44. The Labute approximate surface area is 110 Å². The second-order valence-corrected chi connectivity index (χ2v) is 4.84. The summed E-state index contributed by atoms with van der Waals surface area (Å²) in [5.41, 5.74) is 0.842. The highest BCUT2D eigenvalue weighted by atomic mass is 16.2. The molecule has 0 saturated carbocycles. The molecule has 0 unspecified atom stereocenters. The summed E-state index contributed by atoms with van der Waals surface area (Å²) >= 11 is 0. The zero-order chi connectivity index (χ0) is 14.3. The molecular weight excluding hydrogens is 248 g/mol. The Morgan fingerprint density at radius 3 is 2.53 bits per heavy atom. The SMILES string of the molecule is Cc1cn(C)c(=O)nc1[C@H]1[C@H](C)C(=O)NC(=O)N1C. The first kappa shape index (κ1) is 13.3. The van der Waals surface area contributed by atoms with Crippen LogP contribution in [-0.2, 0) is 11.8 Å². The van der Waals surface area contributed by atoms with Crippen LogP contribution in [0.3, 0.4) is 0 Å². The quantitative estimate of drug-likeness (QED) is 0.770. The molecule has 1 fully saturated rings. The lowest BCUT2D eigenvalue weighted by Crippen LogP contribution is -2.54. The van der Waals surface area contributed by atoms with Gasteiger partial charge in [-0.2, -0.15) is 4.98 Å². The van der Waals surface area contributed by atoms with Gasteiger partial charge >= 0.3 is 11.7 Å². The molecule has 1 aromatic rings. The Kier molecular flexibility index (Phi) is 3.13. The number of nitrogens with one attached hydrogen (secondary N) is 1. The average Bonchev–Trinajstić information content (AvgIpc) is 2.33. The molecule has 0 spiro atoms. The molecule has 0 aliphatic carbocycles. The molecule has 1 saturated heterocycles. The fourth-order valence-corrected chi connectivity index (χ4v) is 2.31. The van der Waals surface area contributed by atoms with E-state index in [4.69, 9.17) is 0 Å². The van der Waals surface area contributed by atoms with Gasteiger partial charge in [0.05, 0.1) is 17.7 Å². The van der Waals surface area contributed by atoms with E-state index in [-0.39, 0.29) is 5.91 Å². The maximum Gasteiger partial charge on any atom is 0.347 e. The third-order valence-corrected chi connectivity index (χ3v) is 3.44. The van der Waals surface area contributed by atoms with Gasteiger partial charge in [0, 0.05) is 20.3 Å². The van der Waals surface area contributed by atoms with Crippen LogP contribution >= 0.6 is 0 Å². The van der Waals surface area contributed by atoms with E-state index in [2.05, 4.69) is 10.3 Å². The molecule has 2 atom stereocenters. The maximum atomic E-state index is 11.7. The van der Waals surface area contributed by atoms with Gasteiger partial charge in [-0.3, -0.25) is 10.1 Å². The first-order chi connectivity index (χ1) is 8.82. The number of urea groups is 1. The third kappa shape index (κ3) is 2.11. The minimum absolute atomic E-state index is 0.352. The topological polar surface area (TPSA) is 84.3 Å². The van der Waals surface area contributed by atoms with Gasteiger partial charge in [-0.1, -0.05) is 6.92 Å². The molecule has 7 heteroatoms. The van der Waals surface area contributed by atoms with Crippen molar-refractivity contribution in [3.8, 4) is 0 Å². The van der Waals surface area contributed by atoms with Crippen LogP contribution in [0.4, 0.5) is 4.79 Å². The van der Waals surface area contributed by atoms with Crippen LogP contribution in [0, 0.1) is 12.8 Å². The molecule has 0 aromatic carbocycles. The number of rotatable bonds is 1. The number of hydrogen-bond donors (Lipinski definition) is 1. The standard InChI is InChI=1S/C12H16N4O3/c1-6-5-15(3)11(18)13-8(6)9-7(2)10(17)14-12(19)16(9)4/h5,7,9H,1-4H3,(H,14,17,19)/t7-,9+/m0/s1. The number of hydrogen-bond acceptors (Lipinski definition) is 4. The van der Waals surface area contributed by atoms with Crippen molar-refractivity contribution >= 4 is 11.9 Å². The molecule has 1 aliphatic heterocycles. The van der Waals surface area contributed by atoms with Crippen LogP contribution in [0.5, 0.6) is 0 Å². The zero-order valence-electron chi connectivity index (χ0n) is 11.3. The first-order valence-electron chi connectivity index (χ1n) is 5.94. The molecule has 2 heterocycles. The summed E-state index contributed by atoms with van der Waals surface area (Å²) in [5.74, 6) is -0.809. The monoisotopic (exact) mass is 264 g/mol. The second-order valence-electron chi connectivity index (χ2n) is 4.84. The van der Waals surface area contributed by atoms with Crippen LogP contribution in [-0.4, -0.2) is 33.4 Å². The van der Waals surface area contributed by atoms with E-state index >= 15 is 0 Å².